The van der Waals surface area contributed by atoms with Crippen LogP contribution in [0.25, 0.3) is 0 Å². The van der Waals surface area contributed by atoms with Gasteiger partial charge in [-0.05, 0) is 55.4 Å². The van der Waals surface area contributed by atoms with Crippen molar-refractivity contribution in [3.63, 3.8) is 0 Å². The topological polar surface area (TPSA) is 42.3 Å². The molecular formula is C20H28N4O. The van der Waals surface area contributed by atoms with E-state index in [2.05, 4.69) is 39.7 Å². The van der Waals surface area contributed by atoms with Crippen LogP contribution < -0.4 is 15.0 Å². The number of hydrogen-bond acceptors (Lipinski definition) is 4. The molecule has 5 nitrogen and oxygen atoms in total. The molecule has 0 unspecified atom stereocenters. The fraction of sp³-hybridized carbons (Fsp3) is 0.550. The van der Waals surface area contributed by atoms with Crippen LogP contribution in [0, 0.1) is 0 Å². The minimum atomic E-state index is 0.561. The summed E-state index contributed by atoms with van der Waals surface area (Å²) >= 11 is 0. The molecule has 2 heterocycles. The molecule has 4 rings (SSSR count). The molecule has 0 bridgehead atoms. The molecule has 1 aromatic carbocycles. The number of fused-ring (bicyclic) bond motifs is 1. The first kappa shape index (κ1) is 16.5. The number of aryl methyl sites for hydroxylation is 2. The van der Waals surface area contributed by atoms with Gasteiger partial charge in [0.15, 0.2) is 0 Å². The molecule has 2 atom stereocenters. The van der Waals surface area contributed by atoms with Gasteiger partial charge < -0.3 is 15.0 Å². The maximum Gasteiger partial charge on any atom is 0.119 e. The van der Waals surface area contributed by atoms with Crippen LogP contribution in [0.1, 0.15) is 30.4 Å². The summed E-state index contributed by atoms with van der Waals surface area (Å²) in [6, 6.07) is 7.66. The smallest absolute Gasteiger partial charge is 0.119 e. The lowest BCUT2D eigenvalue weighted by Crippen LogP contribution is -2.50. The second kappa shape index (κ2) is 7.08. The number of rotatable bonds is 4. The van der Waals surface area contributed by atoms with E-state index < -0.39 is 0 Å². The second-order valence-electron chi connectivity index (χ2n) is 7.40. The molecule has 1 aliphatic carbocycles. The molecule has 1 aromatic heterocycles. The minimum Gasteiger partial charge on any atom is -0.497 e. The Morgan fingerprint density at radius 2 is 2.12 bits per heavy atom. The standard InChI is InChI=1S/C20H28N4O/c1-23-14-19(12-21-23)24-9-3-4-18(13-24)22-17-7-5-15-6-8-20(25-2)11-16(15)10-17/h6,8,11-12,14,17-18,22H,3-5,7,9-10,13H2,1-2H3/t17-,18+/m1/s1. The number of nitrogens with one attached hydrogen (secondary N) is 1. The fourth-order valence-corrected chi connectivity index (χ4v) is 4.26. The number of hydrogen-bond donors (Lipinski definition) is 1. The van der Waals surface area contributed by atoms with Crippen LogP contribution in [0.4, 0.5) is 5.69 Å². The van der Waals surface area contributed by atoms with Gasteiger partial charge in [-0.25, -0.2) is 0 Å². The monoisotopic (exact) mass is 340 g/mol. The lowest BCUT2D eigenvalue weighted by Gasteiger charge is -2.37. The number of piperidine rings is 1. The van der Waals surface area contributed by atoms with Crippen LogP contribution in [-0.2, 0) is 19.9 Å². The zero-order valence-corrected chi connectivity index (χ0v) is 15.2. The fourth-order valence-electron chi connectivity index (χ4n) is 4.26. The molecule has 2 aliphatic rings. The Morgan fingerprint density at radius 3 is 2.92 bits per heavy atom. The Labute approximate surface area is 150 Å². The maximum absolute atomic E-state index is 5.40. The summed E-state index contributed by atoms with van der Waals surface area (Å²) in [5, 5.41) is 8.25. The normalized spacial score (nSPS) is 23.4. The van der Waals surface area contributed by atoms with Crippen LogP contribution in [0.3, 0.4) is 0 Å². The van der Waals surface area contributed by atoms with Crippen LogP contribution in [0.15, 0.2) is 30.6 Å². The molecular weight excluding hydrogens is 312 g/mol. The highest BCUT2D eigenvalue weighted by Crippen LogP contribution is 2.27. The van der Waals surface area contributed by atoms with Crippen molar-refractivity contribution in [3.8, 4) is 5.75 Å². The van der Waals surface area contributed by atoms with Crippen molar-refractivity contribution in [1.82, 2.24) is 15.1 Å². The zero-order valence-electron chi connectivity index (χ0n) is 15.2. The van der Waals surface area contributed by atoms with Crippen molar-refractivity contribution in [1.29, 1.82) is 0 Å². The van der Waals surface area contributed by atoms with Gasteiger partial charge in [-0.3, -0.25) is 4.68 Å². The first-order valence-electron chi connectivity index (χ1n) is 9.36. The van der Waals surface area contributed by atoms with Crippen LogP contribution in [0.2, 0.25) is 0 Å². The van der Waals surface area contributed by atoms with Crippen molar-refractivity contribution < 1.29 is 4.74 Å². The van der Waals surface area contributed by atoms with Crippen molar-refractivity contribution in [2.24, 2.45) is 7.05 Å². The summed E-state index contributed by atoms with van der Waals surface area (Å²) in [5.74, 6) is 0.972. The zero-order chi connectivity index (χ0) is 17.2. The van der Waals surface area contributed by atoms with Crippen molar-refractivity contribution >= 4 is 5.69 Å². The van der Waals surface area contributed by atoms with E-state index in [1.807, 2.05) is 17.9 Å². The second-order valence-corrected chi connectivity index (χ2v) is 7.40. The van der Waals surface area contributed by atoms with Gasteiger partial charge >= 0.3 is 0 Å². The molecule has 0 radical (unpaired) electrons. The molecule has 1 fully saturated rings. The number of benzene rings is 1. The van der Waals surface area contributed by atoms with Gasteiger partial charge in [0.25, 0.3) is 0 Å². The Morgan fingerprint density at radius 1 is 1.20 bits per heavy atom. The lowest BCUT2D eigenvalue weighted by atomic mass is 9.87. The molecule has 1 aliphatic heterocycles. The average Bonchev–Trinajstić information content (AvgIpc) is 3.08. The summed E-state index contributed by atoms with van der Waals surface area (Å²) in [7, 11) is 3.73. The van der Waals surface area contributed by atoms with E-state index in [-0.39, 0.29) is 0 Å². The molecule has 25 heavy (non-hydrogen) atoms. The summed E-state index contributed by atoms with van der Waals surface area (Å²) in [6.07, 6.45) is 10.1. The lowest BCUT2D eigenvalue weighted by molar-refractivity contribution is 0.351. The third kappa shape index (κ3) is 3.66. The maximum atomic E-state index is 5.40. The number of aromatic nitrogens is 2. The Bertz CT molecular complexity index is 726. The third-order valence-electron chi connectivity index (χ3n) is 5.59. The van der Waals surface area contributed by atoms with Gasteiger partial charge in [0.1, 0.15) is 5.75 Å². The molecule has 1 N–H and O–H groups in total. The summed E-state index contributed by atoms with van der Waals surface area (Å²) in [4.78, 5) is 2.47. The minimum absolute atomic E-state index is 0.561. The predicted molar refractivity (Wildman–Crippen MR) is 100 cm³/mol. The molecule has 5 heteroatoms. The van der Waals surface area contributed by atoms with Gasteiger partial charge in [-0.2, -0.15) is 5.10 Å². The van der Waals surface area contributed by atoms with E-state index in [1.54, 1.807) is 7.11 Å². The van der Waals surface area contributed by atoms with E-state index >= 15 is 0 Å². The van der Waals surface area contributed by atoms with Gasteiger partial charge in [0, 0.05) is 38.4 Å². The molecule has 1 saturated heterocycles. The molecule has 0 saturated carbocycles. The first-order chi connectivity index (χ1) is 12.2. The average molecular weight is 340 g/mol. The largest absolute Gasteiger partial charge is 0.497 e. The number of methoxy groups -OCH3 is 1. The van der Waals surface area contributed by atoms with Gasteiger partial charge in [-0.1, -0.05) is 6.07 Å². The number of ether oxygens (including phenoxy) is 1. The van der Waals surface area contributed by atoms with Crippen molar-refractivity contribution in [2.45, 2.75) is 44.2 Å². The number of anilines is 1. The summed E-state index contributed by atoms with van der Waals surface area (Å²) in [6.45, 7) is 2.21. The van der Waals surface area contributed by atoms with E-state index in [0.29, 0.717) is 12.1 Å². The van der Waals surface area contributed by atoms with Crippen LogP contribution in [0.5, 0.6) is 5.75 Å². The van der Waals surface area contributed by atoms with Crippen LogP contribution >= 0.6 is 0 Å². The highest BCUT2D eigenvalue weighted by atomic mass is 16.5. The number of nitrogens with zero attached hydrogens (tertiary/aromatic N) is 3. The van der Waals surface area contributed by atoms with Crippen molar-refractivity contribution in [2.75, 3.05) is 25.1 Å². The highest BCUT2D eigenvalue weighted by molar-refractivity contribution is 5.43. The quantitative estimate of drug-likeness (QED) is 0.929. The Balaban J connectivity index is 1.38. The highest BCUT2D eigenvalue weighted by Gasteiger charge is 2.25. The predicted octanol–water partition coefficient (Wildman–Crippen LogP) is 2.54. The van der Waals surface area contributed by atoms with Crippen LogP contribution in [-0.4, -0.2) is 42.1 Å². The van der Waals surface area contributed by atoms with E-state index in [4.69, 9.17) is 4.74 Å². The van der Waals surface area contributed by atoms with E-state index in [0.717, 1.165) is 31.7 Å². The third-order valence-corrected chi connectivity index (χ3v) is 5.59. The SMILES string of the molecule is COc1ccc2c(c1)C[C@H](N[C@H]1CCCN(c3cnn(C)c3)C1)CC2. The summed E-state index contributed by atoms with van der Waals surface area (Å²) in [5.41, 5.74) is 4.18. The first-order valence-corrected chi connectivity index (χ1v) is 9.36. The molecule has 0 spiro atoms. The summed E-state index contributed by atoms with van der Waals surface area (Å²) < 4.78 is 7.28. The van der Waals surface area contributed by atoms with Crippen molar-refractivity contribution in [3.05, 3.63) is 41.7 Å². The van der Waals surface area contributed by atoms with Gasteiger partial charge in [0.2, 0.25) is 0 Å². The van der Waals surface area contributed by atoms with E-state index in [1.165, 1.54) is 36.1 Å². The van der Waals surface area contributed by atoms with E-state index in [9.17, 15) is 0 Å². The van der Waals surface area contributed by atoms with Gasteiger partial charge in [0.05, 0.1) is 19.0 Å². The Kier molecular flexibility index (Phi) is 4.66. The Hall–Kier alpha value is -2.01. The van der Waals surface area contributed by atoms with Gasteiger partial charge in [-0.15, -0.1) is 0 Å². The molecule has 0 amide bonds. The molecule has 134 valence electrons. The molecule has 2 aromatic rings.